The molecule has 6 nitrogen and oxygen atoms in total. The second-order valence-electron chi connectivity index (χ2n) is 5.12. The van der Waals surface area contributed by atoms with E-state index in [9.17, 15) is 14.4 Å². The van der Waals surface area contributed by atoms with Gasteiger partial charge in [-0.3, -0.25) is 19.7 Å². The molecule has 0 spiro atoms. The Balaban J connectivity index is 2.55. The minimum absolute atomic E-state index is 0.0555. The summed E-state index contributed by atoms with van der Waals surface area (Å²) in [5.74, 6) is -0.967. The van der Waals surface area contributed by atoms with E-state index >= 15 is 0 Å². The number of amides is 2. The Bertz CT molecular complexity index is 619. The van der Waals surface area contributed by atoms with Gasteiger partial charge >= 0.3 is 0 Å². The lowest BCUT2D eigenvalue weighted by Gasteiger charge is -2.23. The summed E-state index contributed by atoms with van der Waals surface area (Å²) in [6, 6.07) is 1.51. The zero-order valence-corrected chi connectivity index (χ0v) is 12.4. The fraction of sp³-hybridized carbons (Fsp3) is 0.533. The SMILES string of the molecule is CCCCc1cc(=O)c2c(n1CCOC)CC(=O)NC2=O. The predicted octanol–water partition coefficient (Wildman–Crippen LogP) is 0.650. The van der Waals surface area contributed by atoms with Gasteiger partial charge in [-0.2, -0.15) is 0 Å². The Morgan fingerprint density at radius 3 is 2.76 bits per heavy atom. The monoisotopic (exact) mass is 292 g/mol. The van der Waals surface area contributed by atoms with E-state index in [2.05, 4.69) is 12.2 Å². The van der Waals surface area contributed by atoms with Gasteiger partial charge in [0, 0.05) is 31.1 Å². The summed E-state index contributed by atoms with van der Waals surface area (Å²) in [5.41, 5.74) is 1.15. The van der Waals surface area contributed by atoms with E-state index in [1.807, 2.05) is 4.57 Å². The van der Waals surface area contributed by atoms with Gasteiger partial charge in [0.1, 0.15) is 5.56 Å². The Morgan fingerprint density at radius 1 is 1.33 bits per heavy atom. The van der Waals surface area contributed by atoms with Crippen molar-refractivity contribution in [3.8, 4) is 0 Å². The molecule has 0 aliphatic carbocycles. The summed E-state index contributed by atoms with van der Waals surface area (Å²) < 4.78 is 6.99. The first kappa shape index (κ1) is 15.4. The van der Waals surface area contributed by atoms with Crippen LogP contribution < -0.4 is 10.7 Å². The van der Waals surface area contributed by atoms with Crippen LogP contribution in [0, 0.1) is 0 Å². The number of carbonyl (C=O) groups excluding carboxylic acids is 2. The summed E-state index contributed by atoms with van der Waals surface area (Å²) in [7, 11) is 1.60. The molecule has 1 N–H and O–H groups in total. The molecule has 1 aliphatic rings. The highest BCUT2D eigenvalue weighted by Gasteiger charge is 2.28. The number of nitrogens with one attached hydrogen (secondary N) is 1. The van der Waals surface area contributed by atoms with Gasteiger partial charge in [0.05, 0.1) is 13.0 Å². The van der Waals surface area contributed by atoms with Crippen LogP contribution in [0.3, 0.4) is 0 Å². The molecule has 6 heteroatoms. The molecule has 1 aromatic rings. The van der Waals surface area contributed by atoms with E-state index < -0.39 is 5.91 Å². The molecule has 1 aromatic heterocycles. The lowest BCUT2D eigenvalue weighted by atomic mass is 10.0. The van der Waals surface area contributed by atoms with Gasteiger partial charge in [0.2, 0.25) is 5.91 Å². The first-order chi connectivity index (χ1) is 10.1. The molecule has 114 valence electrons. The highest BCUT2D eigenvalue weighted by molar-refractivity contribution is 6.09. The lowest BCUT2D eigenvalue weighted by Crippen LogP contribution is -2.43. The van der Waals surface area contributed by atoms with E-state index in [4.69, 9.17) is 4.74 Å². The fourth-order valence-electron chi connectivity index (χ4n) is 2.59. The van der Waals surface area contributed by atoms with Crippen LogP contribution in [0.15, 0.2) is 10.9 Å². The van der Waals surface area contributed by atoms with Crippen LogP contribution in [0.1, 0.15) is 41.5 Å². The minimum atomic E-state index is -0.598. The van der Waals surface area contributed by atoms with Crippen LogP contribution in [0.5, 0.6) is 0 Å². The van der Waals surface area contributed by atoms with Crippen LogP contribution in [0.25, 0.3) is 0 Å². The van der Waals surface area contributed by atoms with Crippen LogP contribution in [-0.2, 0) is 28.9 Å². The summed E-state index contributed by atoms with van der Waals surface area (Å²) in [5, 5.41) is 2.20. The van der Waals surface area contributed by atoms with Crippen molar-refractivity contribution in [1.82, 2.24) is 9.88 Å². The van der Waals surface area contributed by atoms with Crippen molar-refractivity contribution < 1.29 is 14.3 Å². The van der Waals surface area contributed by atoms with Crippen molar-refractivity contribution in [3.05, 3.63) is 33.2 Å². The third kappa shape index (κ3) is 3.21. The van der Waals surface area contributed by atoms with E-state index in [1.54, 1.807) is 7.11 Å². The number of imide groups is 1. The quantitative estimate of drug-likeness (QED) is 0.781. The number of pyridine rings is 1. The normalized spacial score (nSPS) is 14.0. The number of methoxy groups -OCH3 is 1. The summed E-state index contributed by atoms with van der Waals surface area (Å²) >= 11 is 0. The van der Waals surface area contributed by atoms with Crippen molar-refractivity contribution in [2.45, 2.75) is 39.2 Å². The van der Waals surface area contributed by atoms with Gasteiger partial charge in [-0.25, -0.2) is 0 Å². The van der Waals surface area contributed by atoms with Crippen LogP contribution >= 0.6 is 0 Å². The average molecular weight is 292 g/mol. The average Bonchev–Trinajstić information content (AvgIpc) is 2.43. The van der Waals surface area contributed by atoms with Crippen LogP contribution in [-0.4, -0.2) is 30.1 Å². The molecule has 1 aliphatic heterocycles. The second kappa shape index (κ2) is 6.67. The van der Waals surface area contributed by atoms with Gasteiger partial charge in [-0.15, -0.1) is 0 Å². The molecule has 0 bridgehead atoms. The molecule has 2 rings (SSSR count). The largest absolute Gasteiger partial charge is 0.383 e. The van der Waals surface area contributed by atoms with Crippen molar-refractivity contribution in [3.63, 3.8) is 0 Å². The van der Waals surface area contributed by atoms with Gasteiger partial charge in [0.15, 0.2) is 5.43 Å². The molecule has 2 heterocycles. The Kier molecular flexibility index (Phi) is 4.90. The number of hydrogen-bond acceptors (Lipinski definition) is 4. The van der Waals surface area contributed by atoms with Crippen LogP contribution in [0.2, 0.25) is 0 Å². The highest BCUT2D eigenvalue weighted by atomic mass is 16.5. The third-order valence-electron chi connectivity index (χ3n) is 3.62. The van der Waals surface area contributed by atoms with Crippen LogP contribution in [0.4, 0.5) is 0 Å². The Morgan fingerprint density at radius 2 is 2.10 bits per heavy atom. The standard InChI is InChI=1S/C15H20N2O4/c1-3-4-5-10-8-12(18)14-11(17(10)6-7-21-2)9-13(19)16-15(14)20/h8H,3-7,9H2,1-2H3,(H,16,19,20). The number of unbranched alkanes of at least 4 members (excludes halogenated alkanes) is 1. The van der Waals surface area contributed by atoms with Gasteiger partial charge in [-0.05, 0) is 12.8 Å². The molecule has 0 atom stereocenters. The van der Waals surface area contributed by atoms with E-state index in [1.165, 1.54) is 6.07 Å². The number of aryl methyl sites for hydroxylation is 1. The first-order valence-electron chi connectivity index (χ1n) is 7.17. The molecule has 0 aromatic carbocycles. The third-order valence-corrected chi connectivity index (χ3v) is 3.62. The number of rotatable bonds is 6. The number of ether oxygens (including phenoxy) is 1. The van der Waals surface area contributed by atoms with E-state index in [0.717, 1.165) is 25.0 Å². The number of fused-ring (bicyclic) bond motifs is 1. The van der Waals surface area contributed by atoms with Gasteiger partial charge in [-0.1, -0.05) is 13.3 Å². The zero-order valence-electron chi connectivity index (χ0n) is 12.4. The van der Waals surface area contributed by atoms with E-state index in [-0.39, 0.29) is 23.3 Å². The minimum Gasteiger partial charge on any atom is -0.383 e. The maximum Gasteiger partial charge on any atom is 0.263 e. The summed E-state index contributed by atoms with van der Waals surface area (Å²) in [6.45, 7) is 3.07. The fourth-order valence-corrected chi connectivity index (χ4v) is 2.59. The number of carbonyl (C=O) groups is 2. The number of hydrogen-bond donors (Lipinski definition) is 1. The molecule has 0 radical (unpaired) electrons. The molecule has 2 amide bonds. The predicted molar refractivity (Wildman–Crippen MR) is 77.4 cm³/mol. The molecule has 0 fully saturated rings. The van der Waals surface area contributed by atoms with Crippen molar-refractivity contribution >= 4 is 11.8 Å². The van der Waals surface area contributed by atoms with Gasteiger partial charge in [0.25, 0.3) is 5.91 Å². The molecule has 0 unspecified atom stereocenters. The van der Waals surface area contributed by atoms with Crippen molar-refractivity contribution in [2.75, 3.05) is 13.7 Å². The Labute approximate surface area is 123 Å². The zero-order chi connectivity index (χ0) is 15.4. The van der Waals surface area contributed by atoms with Crippen molar-refractivity contribution in [2.24, 2.45) is 0 Å². The lowest BCUT2D eigenvalue weighted by molar-refractivity contribution is -0.119. The maximum absolute atomic E-state index is 12.2. The summed E-state index contributed by atoms with van der Waals surface area (Å²) in [6.07, 6.45) is 2.76. The molecular weight excluding hydrogens is 272 g/mol. The van der Waals surface area contributed by atoms with E-state index in [0.29, 0.717) is 18.8 Å². The molecule has 21 heavy (non-hydrogen) atoms. The molecular formula is C15H20N2O4. The Hall–Kier alpha value is -1.95. The first-order valence-corrected chi connectivity index (χ1v) is 7.17. The molecule has 0 saturated carbocycles. The maximum atomic E-state index is 12.2. The van der Waals surface area contributed by atoms with Crippen molar-refractivity contribution in [1.29, 1.82) is 0 Å². The number of aromatic nitrogens is 1. The second-order valence-corrected chi connectivity index (χ2v) is 5.12. The summed E-state index contributed by atoms with van der Waals surface area (Å²) in [4.78, 5) is 35.7. The number of nitrogens with zero attached hydrogens (tertiary/aromatic N) is 1. The molecule has 0 saturated heterocycles. The smallest absolute Gasteiger partial charge is 0.263 e. The van der Waals surface area contributed by atoms with Gasteiger partial charge < -0.3 is 9.30 Å². The highest BCUT2D eigenvalue weighted by Crippen LogP contribution is 2.16. The topological polar surface area (TPSA) is 77.4 Å².